The lowest BCUT2D eigenvalue weighted by Crippen LogP contribution is -2.47. The second-order valence-electron chi connectivity index (χ2n) is 8.49. The SMILES string of the molecule is Cc1ccc(C(COC(=O)O)C2C3CC4CC(C3)CC2C4)cc1[N+](=O)[O-]. The zero-order chi connectivity index (χ0) is 18.4. The average molecular weight is 359 g/mol. The van der Waals surface area contributed by atoms with E-state index in [-0.39, 0.29) is 23.1 Å². The van der Waals surface area contributed by atoms with Crippen LogP contribution in [-0.2, 0) is 4.74 Å². The molecule has 4 bridgehead atoms. The molecular formula is C20H25NO5. The highest BCUT2D eigenvalue weighted by Gasteiger charge is 2.51. The van der Waals surface area contributed by atoms with E-state index in [1.54, 1.807) is 19.1 Å². The number of nitro benzene ring substituents is 1. The van der Waals surface area contributed by atoms with Gasteiger partial charge in [-0.05, 0) is 74.2 Å². The highest BCUT2D eigenvalue weighted by Crippen LogP contribution is 2.59. The molecule has 1 atom stereocenters. The number of benzene rings is 1. The molecule has 5 rings (SSSR count). The molecule has 4 saturated carbocycles. The number of aryl methyl sites for hydroxylation is 1. The third-order valence-electron chi connectivity index (χ3n) is 7.01. The van der Waals surface area contributed by atoms with Gasteiger partial charge in [-0.2, -0.15) is 0 Å². The Hall–Kier alpha value is -2.11. The molecule has 6 nitrogen and oxygen atoms in total. The van der Waals surface area contributed by atoms with Crippen molar-refractivity contribution in [1.29, 1.82) is 0 Å². The van der Waals surface area contributed by atoms with Crippen LogP contribution >= 0.6 is 0 Å². The number of nitrogens with zero attached hydrogens (tertiary/aromatic N) is 1. The number of ether oxygens (including phenoxy) is 1. The van der Waals surface area contributed by atoms with Crippen molar-refractivity contribution in [1.82, 2.24) is 0 Å². The van der Waals surface area contributed by atoms with Crippen molar-refractivity contribution in [3.8, 4) is 0 Å². The zero-order valence-corrected chi connectivity index (χ0v) is 15.0. The summed E-state index contributed by atoms with van der Waals surface area (Å²) in [5.74, 6) is 3.09. The summed E-state index contributed by atoms with van der Waals surface area (Å²) >= 11 is 0. The fourth-order valence-electron chi connectivity index (χ4n) is 6.27. The van der Waals surface area contributed by atoms with Crippen molar-refractivity contribution >= 4 is 11.8 Å². The largest absolute Gasteiger partial charge is 0.505 e. The number of nitro groups is 1. The van der Waals surface area contributed by atoms with E-state index >= 15 is 0 Å². The number of rotatable bonds is 5. The fourth-order valence-corrected chi connectivity index (χ4v) is 6.27. The molecule has 4 fully saturated rings. The molecule has 1 aromatic rings. The van der Waals surface area contributed by atoms with Crippen molar-refractivity contribution < 1.29 is 19.6 Å². The lowest BCUT2D eigenvalue weighted by Gasteiger charge is -2.56. The van der Waals surface area contributed by atoms with Crippen LogP contribution < -0.4 is 0 Å². The van der Waals surface area contributed by atoms with Crippen molar-refractivity contribution in [3.05, 3.63) is 39.4 Å². The van der Waals surface area contributed by atoms with Gasteiger partial charge >= 0.3 is 6.16 Å². The predicted molar refractivity (Wildman–Crippen MR) is 95.1 cm³/mol. The molecule has 0 spiro atoms. The molecule has 4 aliphatic rings. The second kappa shape index (κ2) is 6.56. The Morgan fingerprint density at radius 2 is 1.85 bits per heavy atom. The molecule has 0 amide bonds. The lowest BCUT2D eigenvalue weighted by molar-refractivity contribution is -0.385. The first-order valence-electron chi connectivity index (χ1n) is 9.53. The van der Waals surface area contributed by atoms with Gasteiger partial charge in [0.05, 0.1) is 4.92 Å². The van der Waals surface area contributed by atoms with Gasteiger partial charge < -0.3 is 9.84 Å². The van der Waals surface area contributed by atoms with Gasteiger partial charge in [-0.25, -0.2) is 4.79 Å². The Morgan fingerprint density at radius 3 is 2.38 bits per heavy atom. The summed E-state index contributed by atoms with van der Waals surface area (Å²) in [5, 5.41) is 20.4. The first-order valence-corrected chi connectivity index (χ1v) is 9.53. The first kappa shape index (κ1) is 17.3. The van der Waals surface area contributed by atoms with Gasteiger partial charge in [0.2, 0.25) is 0 Å². The number of hydrogen-bond donors (Lipinski definition) is 1. The van der Waals surface area contributed by atoms with E-state index in [0.29, 0.717) is 23.3 Å². The van der Waals surface area contributed by atoms with Crippen LogP contribution in [0.2, 0.25) is 0 Å². The molecule has 6 heteroatoms. The highest BCUT2D eigenvalue weighted by atomic mass is 16.7. The van der Waals surface area contributed by atoms with Crippen LogP contribution in [0.15, 0.2) is 18.2 Å². The Bertz CT molecular complexity index is 703. The third-order valence-corrected chi connectivity index (χ3v) is 7.01. The quantitative estimate of drug-likeness (QED) is 0.465. The van der Waals surface area contributed by atoms with E-state index in [1.807, 2.05) is 6.07 Å². The van der Waals surface area contributed by atoms with E-state index in [0.717, 1.165) is 17.4 Å². The summed E-state index contributed by atoms with van der Waals surface area (Å²) in [6, 6.07) is 5.33. The molecule has 140 valence electrons. The van der Waals surface area contributed by atoms with Gasteiger partial charge in [-0.1, -0.05) is 12.1 Å². The van der Waals surface area contributed by atoms with Gasteiger partial charge in [0.15, 0.2) is 0 Å². The minimum atomic E-state index is -1.28. The van der Waals surface area contributed by atoms with Gasteiger partial charge in [-0.3, -0.25) is 10.1 Å². The maximum absolute atomic E-state index is 11.4. The van der Waals surface area contributed by atoms with Gasteiger partial charge in [-0.15, -0.1) is 0 Å². The summed E-state index contributed by atoms with van der Waals surface area (Å²) in [6.45, 7) is 1.82. The van der Waals surface area contributed by atoms with Crippen LogP contribution in [-0.4, -0.2) is 22.8 Å². The topological polar surface area (TPSA) is 89.7 Å². The third kappa shape index (κ3) is 3.06. The summed E-state index contributed by atoms with van der Waals surface area (Å²) in [5.41, 5.74) is 1.58. The minimum Gasteiger partial charge on any atom is -0.450 e. The molecule has 26 heavy (non-hydrogen) atoms. The standard InChI is InChI=1S/C20H25NO5/c1-11-2-3-14(9-18(11)21(24)25)17(10-26-20(22)23)19-15-5-12-4-13(7-15)8-16(19)6-12/h2-3,9,12-13,15-17,19H,4-8,10H2,1H3,(H,22,23). The van der Waals surface area contributed by atoms with E-state index in [9.17, 15) is 14.9 Å². The lowest BCUT2D eigenvalue weighted by atomic mass is 9.49. The molecule has 0 radical (unpaired) electrons. The number of carbonyl (C=O) groups is 1. The normalized spacial score (nSPS) is 33.0. The van der Waals surface area contributed by atoms with Crippen LogP contribution in [0.3, 0.4) is 0 Å². The van der Waals surface area contributed by atoms with E-state index in [4.69, 9.17) is 9.84 Å². The zero-order valence-electron chi connectivity index (χ0n) is 15.0. The van der Waals surface area contributed by atoms with Crippen LogP contribution in [0.1, 0.15) is 49.1 Å². The molecular weight excluding hydrogens is 334 g/mol. The monoisotopic (exact) mass is 359 g/mol. The Balaban J connectivity index is 1.68. The van der Waals surface area contributed by atoms with Crippen molar-refractivity contribution in [3.63, 3.8) is 0 Å². The Morgan fingerprint density at radius 1 is 1.23 bits per heavy atom. The Kier molecular flexibility index (Phi) is 4.37. The van der Waals surface area contributed by atoms with Gasteiger partial charge in [0.1, 0.15) is 6.61 Å². The molecule has 0 aliphatic heterocycles. The summed E-state index contributed by atoms with van der Waals surface area (Å²) < 4.78 is 4.99. The molecule has 1 aromatic carbocycles. The predicted octanol–water partition coefficient (Wildman–Crippen LogP) is 4.75. The van der Waals surface area contributed by atoms with Gasteiger partial charge in [0, 0.05) is 17.5 Å². The molecule has 1 N–H and O–H groups in total. The second-order valence-corrected chi connectivity index (χ2v) is 8.49. The van der Waals surface area contributed by atoms with Gasteiger partial charge in [0.25, 0.3) is 5.69 Å². The van der Waals surface area contributed by atoms with E-state index < -0.39 is 6.16 Å². The molecule has 1 unspecified atom stereocenters. The molecule has 0 saturated heterocycles. The smallest absolute Gasteiger partial charge is 0.450 e. The Labute approximate surface area is 152 Å². The van der Waals surface area contributed by atoms with Crippen LogP contribution in [0.4, 0.5) is 10.5 Å². The van der Waals surface area contributed by atoms with Crippen molar-refractivity contribution in [2.45, 2.75) is 44.9 Å². The first-order chi connectivity index (χ1) is 12.4. The van der Waals surface area contributed by atoms with Crippen LogP contribution in [0.5, 0.6) is 0 Å². The molecule has 0 aromatic heterocycles. The summed E-state index contributed by atoms with van der Waals surface area (Å²) in [6.07, 6.45) is 4.95. The number of hydrogen-bond acceptors (Lipinski definition) is 4. The van der Waals surface area contributed by atoms with E-state index in [1.165, 1.54) is 32.1 Å². The minimum absolute atomic E-state index is 0.0859. The maximum atomic E-state index is 11.4. The number of carboxylic acid groups (broad SMARTS) is 1. The highest BCUT2D eigenvalue weighted by molar-refractivity contribution is 5.57. The average Bonchev–Trinajstić information content (AvgIpc) is 2.57. The maximum Gasteiger partial charge on any atom is 0.505 e. The van der Waals surface area contributed by atoms with Crippen molar-refractivity contribution in [2.24, 2.45) is 29.6 Å². The summed E-state index contributed by atoms with van der Waals surface area (Å²) in [7, 11) is 0. The molecule has 4 aliphatic carbocycles. The summed E-state index contributed by atoms with van der Waals surface area (Å²) in [4.78, 5) is 22.0. The van der Waals surface area contributed by atoms with E-state index in [2.05, 4.69) is 0 Å². The molecule has 0 heterocycles. The van der Waals surface area contributed by atoms with Crippen molar-refractivity contribution in [2.75, 3.05) is 6.61 Å². The van der Waals surface area contributed by atoms with Crippen LogP contribution in [0, 0.1) is 46.6 Å². The fraction of sp³-hybridized carbons (Fsp3) is 0.650. The van der Waals surface area contributed by atoms with Crippen LogP contribution in [0.25, 0.3) is 0 Å².